The lowest BCUT2D eigenvalue weighted by Crippen LogP contribution is -2.20. The molecule has 0 aliphatic heterocycles. The normalized spacial score (nSPS) is 14.7. The van der Waals surface area contributed by atoms with E-state index < -0.39 is 0 Å². The Kier molecular flexibility index (Phi) is 7.47. The molecule has 0 aliphatic rings. The van der Waals surface area contributed by atoms with E-state index in [9.17, 15) is 0 Å². The highest BCUT2D eigenvalue weighted by Crippen LogP contribution is 2.38. The van der Waals surface area contributed by atoms with Crippen LogP contribution < -0.4 is 0 Å². The van der Waals surface area contributed by atoms with Gasteiger partial charge in [-0.05, 0) is 46.4 Å². The van der Waals surface area contributed by atoms with Crippen molar-refractivity contribution in [3.63, 3.8) is 0 Å². The molecular weight excluding hydrogens is 306 g/mol. The van der Waals surface area contributed by atoms with E-state index in [1.54, 1.807) is 11.5 Å². The molecule has 104 valence electrons. The number of aromatic nitrogens is 1. The van der Waals surface area contributed by atoms with Gasteiger partial charge in [-0.25, -0.2) is 0 Å². The van der Waals surface area contributed by atoms with E-state index >= 15 is 0 Å². The largest absolute Gasteiger partial charge is 0.185 e. The summed E-state index contributed by atoms with van der Waals surface area (Å²) in [5.41, 5.74) is 0.341. The molecule has 0 amide bonds. The molecule has 1 aromatic heterocycles. The van der Waals surface area contributed by atoms with Crippen LogP contribution in [0.5, 0.6) is 0 Å². The number of nitrogens with zero attached hydrogens (tertiary/aromatic N) is 1. The molecule has 1 heterocycles. The Bertz CT molecular complexity index is 337. The van der Waals surface area contributed by atoms with Crippen molar-refractivity contribution in [3.8, 4) is 0 Å². The minimum absolute atomic E-state index is 0.341. The second-order valence-electron chi connectivity index (χ2n) is 5.49. The van der Waals surface area contributed by atoms with E-state index in [1.807, 2.05) is 0 Å². The highest BCUT2D eigenvalue weighted by molar-refractivity contribution is 9.10. The van der Waals surface area contributed by atoms with Crippen molar-refractivity contribution in [2.24, 2.45) is 0 Å². The minimum Gasteiger partial charge on any atom is -0.185 e. The van der Waals surface area contributed by atoms with Gasteiger partial charge in [0.05, 0.1) is 0 Å². The van der Waals surface area contributed by atoms with Crippen molar-refractivity contribution in [1.29, 1.82) is 0 Å². The molecule has 0 N–H and O–H groups in total. The van der Waals surface area contributed by atoms with Crippen LogP contribution in [-0.4, -0.2) is 4.37 Å². The summed E-state index contributed by atoms with van der Waals surface area (Å²) in [6.07, 6.45) is 10.6. The van der Waals surface area contributed by atoms with Gasteiger partial charge >= 0.3 is 0 Å². The first-order valence-electron chi connectivity index (χ1n) is 7.25. The van der Waals surface area contributed by atoms with E-state index in [4.69, 9.17) is 0 Å². The number of hydrogen-bond donors (Lipinski definition) is 0. The lowest BCUT2D eigenvalue weighted by molar-refractivity contribution is 0.375. The Hall–Kier alpha value is 0.110. The maximum atomic E-state index is 4.39. The average Bonchev–Trinajstić information content (AvgIpc) is 2.80. The van der Waals surface area contributed by atoms with Crippen LogP contribution in [0.2, 0.25) is 0 Å². The molecule has 1 atom stereocenters. The first-order valence-corrected chi connectivity index (χ1v) is 8.81. The smallest absolute Gasteiger partial charge is 0.120 e. The topological polar surface area (TPSA) is 12.9 Å². The van der Waals surface area contributed by atoms with Gasteiger partial charge in [-0.1, -0.05) is 59.3 Å². The van der Waals surface area contributed by atoms with Gasteiger partial charge in [0, 0.05) is 10.3 Å². The van der Waals surface area contributed by atoms with Crippen molar-refractivity contribution in [1.82, 2.24) is 4.37 Å². The number of halogens is 1. The summed E-state index contributed by atoms with van der Waals surface area (Å²) in [5.74, 6) is 0. The number of hydrogen-bond acceptors (Lipinski definition) is 2. The standard InChI is InChI=1S/C15H26BrNS/c1-4-6-8-9-11-15(3,10-7-5-2)13-12-14(16)17-18-13/h12H,4-11H2,1-3H3. The third-order valence-electron chi connectivity index (χ3n) is 3.74. The van der Waals surface area contributed by atoms with E-state index in [0.717, 1.165) is 4.60 Å². The summed E-state index contributed by atoms with van der Waals surface area (Å²) in [6.45, 7) is 6.98. The van der Waals surface area contributed by atoms with Crippen molar-refractivity contribution in [2.75, 3.05) is 0 Å². The quantitative estimate of drug-likeness (QED) is 0.482. The molecule has 0 aromatic carbocycles. The Morgan fingerprint density at radius 1 is 1.11 bits per heavy atom. The fourth-order valence-corrected chi connectivity index (χ4v) is 3.84. The van der Waals surface area contributed by atoms with Gasteiger partial charge in [-0.2, -0.15) is 4.37 Å². The van der Waals surface area contributed by atoms with Crippen LogP contribution in [0, 0.1) is 0 Å². The zero-order valence-corrected chi connectivity index (χ0v) is 14.4. The van der Waals surface area contributed by atoms with Gasteiger partial charge in [0.25, 0.3) is 0 Å². The molecule has 3 heteroatoms. The Labute approximate surface area is 125 Å². The third-order valence-corrected chi connectivity index (χ3v) is 5.48. The molecule has 0 fully saturated rings. The summed E-state index contributed by atoms with van der Waals surface area (Å²) in [6, 6.07) is 2.22. The molecule has 0 aliphatic carbocycles. The summed E-state index contributed by atoms with van der Waals surface area (Å²) in [7, 11) is 0. The van der Waals surface area contributed by atoms with Gasteiger partial charge in [0.2, 0.25) is 0 Å². The SMILES string of the molecule is CCCCCCC(C)(CCCC)c1cc(Br)ns1. The second-order valence-corrected chi connectivity index (χ2v) is 7.11. The monoisotopic (exact) mass is 331 g/mol. The van der Waals surface area contributed by atoms with Crippen LogP contribution in [0.1, 0.15) is 77.0 Å². The van der Waals surface area contributed by atoms with Crippen molar-refractivity contribution >= 4 is 27.5 Å². The van der Waals surface area contributed by atoms with Gasteiger partial charge < -0.3 is 0 Å². The predicted octanol–water partition coefficient (Wildman–Crippen LogP) is 6.32. The molecule has 18 heavy (non-hydrogen) atoms. The van der Waals surface area contributed by atoms with Crippen LogP contribution in [0.3, 0.4) is 0 Å². The van der Waals surface area contributed by atoms with E-state index in [1.165, 1.54) is 56.2 Å². The fourth-order valence-electron chi connectivity index (χ4n) is 2.42. The summed E-state index contributed by atoms with van der Waals surface area (Å²) >= 11 is 5.16. The van der Waals surface area contributed by atoms with Crippen molar-refractivity contribution < 1.29 is 0 Å². The first-order chi connectivity index (χ1) is 8.62. The molecule has 0 saturated carbocycles. The third kappa shape index (κ3) is 5.00. The number of rotatable bonds is 9. The summed E-state index contributed by atoms with van der Waals surface area (Å²) < 4.78 is 5.39. The zero-order valence-electron chi connectivity index (χ0n) is 12.0. The van der Waals surface area contributed by atoms with Gasteiger partial charge in [0.15, 0.2) is 0 Å². The first kappa shape index (κ1) is 16.2. The number of unbranched alkanes of at least 4 members (excludes halogenated alkanes) is 4. The van der Waals surface area contributed by atoms with E-state index in [0.29, 0.717) is 5.41 Å². The molecule has 0 saturated heterocycles. The highest BCUT2D eigenvalue weighted by Gasteiger charge is 2.27. The highest BCUT2D eigenvalue weighted by atomic mass is 79.9. The lowest BCUT2D eigenvalue weighted by atomic mass is 9.79. The van der Waals surface area contributed by atoms with Gasteiger partial charge in [0.1, 0.15) is 4.60 Å². The van der Waals surface area contributed by atoms with Crippen LogP contribution in [0.25, 0.3) is 0 Å². The average molecular weight is 332 g/mol. The predicted molar refractivity (Wildman–Crippen MR) is 85.5 cm³/mol. The van der Waals surface area contributed by atoms with Crippen LogP contribution in [-0.2, 0) is 5.41 Å². The van der Waals surface area contributed by atoms with E-state index in [2.05, 4.69) is 47.1 Å². The van der Waals surface area contributed by atoms with Gasteiger partial charge in [-0.3, -0.25) is 0 Å². The van der Waals surface area contributed by atoms with Crippen molar-refractivity contribution in [3.05, 3.63) is 15.5 Å². The lowest BCUT2D eigenvalue weighted by Gasteiger charge is -2.28. The van der Waals surface area contributed by atoms with Crippen LogP contribution >= 0.6 is 27.5 Å². The summed E-state index contributed by atoms with van der Waals surface area (Å²) in [5, 5.41) is 0. The van der Waals surface area contributed by atoms with Crippen LogP contribution in [0.4, 0.5) is 0 Å². The molecule has 1 nitrogen and oxygen atoms in total. The fraction of sp³-hybridized carbons (Fsp3) is 0.800. The Balaban J connectivity index is 2.62. The Morgan fingerprint density at radius 3 is 2.33 bits per heavy atom. The molecule has 0 spiro atoms. The molecular formula is C15H26BrNS. The maximum absolute atomic E-state index is 4.39. The van der Waals surface area contributed by atoms with Gasteiger partial charge in [-0.15, -0.1) is 0 Å². The van der Waals surface area contributed by atoms with Crippen LogP contribution in [0.15, 0.2) is 10.7 Å². The van der Waals surface area contributed by atoms with E-state index in [-0.39, 0.29) is 0 Å². The molecule has 1 rings (SSSR count). The molecule has 0 bridgehead atoms. The molecule has 1 aromatic rings. The Morgan fingerprint density at radius 2 is 1.78 bits per heavy atom. The zero-order chi connectivity index (χ0) is 13.4. The van der Waals surface area contributed by atoms with Crippen molar-refractivity contribution in [2.45, 2.75) is 77.6 Å². The second kappa shape index (κ2) is 8.31. The molecule has 0 radical (unpaired) electrons. The maximum Gasteiger partial charge on any atom is 0.120 e. The minimum atomic E-state index is 0.341. The molecule has 1 unspecified atom stereocenters. The summed E-state index contributed by atoms with van der Waals surface area (Å²) in [4.78, 5) is 1.46.